The van der Waals surface area contributed by atoms with E-state index in [4.69, 9.17) is 4.74 Å². The lowest BCUT2D eigenvalue weighted by atomic mass is 10.0. The third-order valence-corrected chi connectivity index (χ3v) is 6.89. The maximum Gasteiger partial charge on any atom is 0.261 e. The van der Waals surface area contributed by atoms with Gasteiger partial charge in [0.1, 0.15) is 5.75 Å². The van der Waals surface area contributed by atoms with Crippen LogP contribution >= 0.6 is 11.3 Å². The number of carbonyl (C=O) groups excluding carboxylic acids is 1. The molecule has 1 aromatic heterocycles. The highest BCUT2D eigenvalue weighted by atomic mass is 32.2. The molecule has 3 aromatic rings. The average molecular weight is 445 g/mol. The fourth-order valence-corrected chi connectivity index (χ4v) is 4.99. The Kier molecular flexibility index (Phi) is 6.79. The Labute approximate surface area is 181 Å². The van der Waals surface area contributed by atoms with Crippen molar-refractivity contribution in [2.45, 2.75) is 24.8 Å². The van der Waals surface area contributed by atoms with E-state index in [1.165, 1.54) is 19.2 Å². The number of carbonyl (C=O) groups is 1. The molecule has 2 N–H and O–H groups in total. The van der Waals surface area contributed by atoms with E-state index < -0.39 is 10.0 Å². The number of methoxy groups -OCH3 is 1. The summed E-state index contributed by atoms with van der Waals surface area (Å²) in [5.74, 6) is 0.502. The lowest BCUT2D eigenvalue weighted by Crippen LogP contribution is -2.31. The summed E-state index contributed by atoms with van der Waals surface area (Å²) in [6, 6.07) is 16.3. The van der Waals surface area contributed by atoms with Crippen molar-refractivity contribution in [1.82, 2.24) is 5.32 Å². The monoisotopic (exact) mass is 444 g/mol. The van der Waals surface area contributed by atoms with Crippen molar-refractivity contribution in [3.05, 3.63) is 76.5 Å². The van der Waals surface area contributed by atoms with Crippen LogP contribution in [-0.4, -0.2) is 21.4 Å². The van der Waals surface area contributed by atoms with Gasteiger partial charge in [0, 0.05) is 16.1 Å². The van der Waals surface area contributed by atoms with Crippen LogP contribution in [0.1, 0.15) is 35.1 Å². The fourth-order valence-electron chi connectivity index (χ4n) is 2.94. The van der Waals surface area contributed by atoms with E-state index in [9.17, 15) is 13.2 Å². The molecule has 8 heteroatoms. The molecule has 0 aliphatic rings. The van der Waals surface area contributed by atoms with E-state index in [-0.39, 0.29) is 28.3 Å². The molecule has 1 heterocycles. The van der Waals surface area contributed by atoms with Crippen molar-refractivity contribution in [1.29, 1.82) is 0 Å². The quantitative estimate of drug-likeness (QED) is 0.528. The average Bonchev–Trinajstić information content (AvgIpc) is 3.26. The van der Waals surface area contributed by atoms with Crippen molar-refractivity contribution >= 4 is 33.0 Å². The number of thiophene rings is 1. The number of hydrogen-bond donors (Lipinski definition) is 2. The molecule has 0 bridgehead atoms. The van der Waals surface area contributed by atoms with Crippen molar-refractivity contribution in [2.24, 2.45) is 5.92 Å². The van der Waals surface area contributed by atoms with E-state index in [1.54, 1.807) is 47.7 Å². The predicted molar refractivity (Wildman–Crippen MR) is 120 cm³/mol. The largest absolute Gasteiger partial charge is 0.497 e. The molecule has 30 heavy (non-hydrogen) atoms. The number of benzene rings is 2. The van der Waals surface area contributed by atoms with Crippen molar-refractivity contribution in [3.8, 4) is 5.75 Å². The maximum atomic E-state index is 12.8. The Balaban J connectivity index is 1.79. The second kappa shape index (κ2) is 9.32. The molecule has 0 radical (unpaired) electrons. The lowest BCUT2D eigenvalue weighted by Gasteiger charge is -2.21. The van der Waals surface area contributed by atoms with E-state index >= 15 is 0 Å². The van der Waals surface area contributed by atoms with Gasteiger partial charge in [0.15, 0.2) is 0 Å². The molecule has 0 aliphatic heterocycles. The van der Waals surface area contributed by atoms with Gasteiger partial charge >= 0.3 is 0 Å². The van der Waals surface area contributed by atoms with Crippen LogP contribution in [-0.2, 0) is 10.0 Å². The summed E-state index contributed by atoms with van der Waals surface area (Å²) in [4.78, 5) is 13.9. The first-order valence-corrected chi connectivity index (χ1v) is 11.8. The standard InChI is InChI=1S/C22H24N2O4S2/c1-15(2)21(20-8-5-13-29-20)23-22(25)16-6-4-7-19(14-16)30(26,27)24-17-9-11-18(28-3)12-10-17/h4-15,21,24H,1-3H3,(H,23,25). The van der Waals surface area contributed by atoms with Crippen molar-refractivity contribution in [3.63, 3.8) is 0 Å². The van der Waals surface area contributed by atoms with Crippen LogP contribution in [0.25, 0.3) is 0 Å². The first-order chi connectivity index (χ1) is 14.3. The first-order valence-electron chi connectivity index (χ1n) is 9.41. The third kappa shape index (κ3) is 5.20. The Morgan fingerprint density at radius 2 is 1.77 bits per heavy atom. The molecule has 2 aromatic carbocycles. The normalized spacial score (nSPS) is 12.4. The Bertz CT molecular complexity index is 1090. The van der Waals surface area contributed by atoms with Gasteiger partial charge in [-0.2, -0.15) is 0 Å². The molecular formula is C22H24N2O4S2. The van der Waals surface area contributed by atoms with E-state index in [0.29, 0.717) is 11.4 Å². The first kappa shape index (κ1) is 21.9. The van der Waals surface area contributed by atoms with Crippen LogP contribution in [0.2, 0.25) is 0 Å². The zero-order valence-corrected chi connectivity index (χ0v) is 18.6. The second-order valence-corrected chi connectivity index (χ2v) is 9.73. The summed E-state index contributed by atoms with van der Waals surface area (Å²) in [5, 5.41) is 4.99. The van der Waals surface area contributed by atoms with Gasteiger partial charge in [-0.05, 0) is 59.8 Å². The van der Waals surface area contributed by atoms with Gasteiger partial charge in [0.25, 0.3) is 15.9 Å². The topological polar surface area (TPSA) is 84.5 Å². The molecule has 0 saturated heterocycles. The minimum atomic E-state index is -3.85. The summed E-state index contributed by atoms with van der Waals surface area (Å²) in [7, 11) is -2.31. The molecular weight excluding hydrogens is 420 g/mol. The number of hydrogen-bond acceptors (Lipinski definition) is 5. The Hall–Kier alpha value is -2.84. The number of ether oxygens (including phenoxy) is 1. The van der Waals surface area contributed by atoms with Crippen LogP contribution in [0.5, 0.6) is 5.75 Å². The molecule has 1 unspecified atom stereocenters. The van der Waals surface area contributed by atoms with Crippen LogP contribution < -0.4 is 14.8 Å². The number of sulfonamides is 1. The number of anilines is 1. The lowest BCUT2D eigenvalue weighted by molar-refractivity contribution is 0.0926. The highest BCUT2D eigenvalue weighted by Gasteiger charge is 2.22. The molecule has 0 spiro atoms. The summed E-state index contributed by atoms with van der Waals surface area (Å²) in [5.41, 5.74) is 0.693. The molecule has 0 fully saturated rings. The smallest absolute Gasteiger partial charge is 0.261 e. The fraction of sp³-hybridized carbons (Fsp3) is 0.227. The number of nitrogens with one attached hydrogen (secondary N) is 2. The zero-order valence-electron chi connectivity index (χ0n) is 17.0. The molecule has 1 amide bonds. The van der Waals surface area contributed by atoms with Gasteiger partial charge in [0.2, 0.25) is 0 Å². The highest BCUT2D eigenvalue weighted by molar-refractivity contribution is 7.92. The van der Waals surface area contributed by atoms with Crippen LogP contribution in [0.15, 0.2) is 70.9 Å². The molecule has 3 rings (SSSR count). The van der Waals surface area contributed by atoms with Gasteiger partial charge in [-0.1, -0.05) is 26.0 Å². The highest BCUT2D eigenvalue weighted by Crippen LogP contribution is 2.26. The number of rotatable bonds is 8. The summed E-state index contributed by atoms with van der Waals surface area (Å²) in [6.45, 7) is 4.06. The number of amides is 1. The van der Waals surface area contributed by atoms with E-state index in [2.05, 4.69) is 10.0 Å². The SMILES string of the molecule is COc1ccc(NS(=O)(=O)c2cccc(C(=O)NC(c3cccs3)C(C)C)c2)cc1. The molecule has 158 valence electrons. The summed E-state index contributed by atoms with van der Waals surface area (Å²) in [6.07, 6.45) is 0. The van der Waals surface area contributed by atoms with E-state index in [0.717, 1.165) is 4.88 Å². The minimum absolute atomic E-state index is 0.0168. The Morgan fingerprint density at radius 3 is 2.37 bits per heavy atom. The second-order valence-electron chi connectivity index (χ2n) is 7.07. The summed E-state index contributed by atoms with van der Waals surface area (Å²) < 4.78 is 33.2. The zero-order chi connectivity index (χ0) is 21.7. The maximum absolute atomic E-state index is 12.8. The van der Waals surface area contributed by atoms with Crippen LogP contribution in [0.4, 0.5) is 5.69 Å². The molecule has 1 atom stereocenters. The Morgan fingerprint density at radius 1 is 1.03 bits per heavy atom. The van der Waals surface area contributed by atoms with Crippen molar-refractivity contribution < 1.29 is 17.9 Å². The van der Waals surface area contributed by atoms with Crippen LogP contribution in [0, 0.1) is 5.92 Å². The van der Waals surface area contributed by atoms with Gasteiger partial charge in [-0.15, -0.1) is 11.3 Å². The molecule has 0 saturated carbocycles. The van der Waals surface area contributed by atoms with Gasteiger partial charge in [-0.3, -0.25) is 9.52 Å². The van der Waals surface area contributed by atoms with Gasteiger partial charge in [-0.25, -0.2) is 8.42 Å². The van der Waals surface area contributed by atoms with Gasteiger partial charge in [0.05, 0.1) is 18.0 Å². The van der Waals surface area contributed by atoms with Gasteiger partial charge < -0.3 is 10.1 Å². The molecule has 6 nitrogen and oxygen atoms in total. The third-order valence-electron chi connectivity index (χ3n) is 4.55. The minimum Gasteiger partial charge on any atom is -0.497 e. The predicted octanol–water partition coefficient (Wildman–Crippen LogP) is 4.68. The molecule has 0 aliphatic carbocycles. The van der Waals surface area contributed by atoms with Crippen LogP contribution in [0.3, 0.4) is 0 Å². The van der Waals surface area contributed by atoms with E-state index in [1.807, 2.05) is 31.4 Å². The van der Waals surface area contributed by atoms with Crippen molar-refractivity contribution in [2.75, 3.05) is 11.8 Å². The summed E-state index contributed by atoms with van der Waals surface area (Å²) >= 11 is 1.58.